The molecule has 1 saturated heterocycles. The molecule has 10 nitrogen and oxygen atoms in total. The lowest BCUT2D eigenvalue weighted by atomic mass is 9.99. The van der Waals surface area contributed by atoms with Gasteiger partial charge < -0.3 is 39.4 Å². The second-order valence-corrected chi connectivity index (χ2v) is 17.3. The summed E-state index contributed by atoms with van der Waals surface area (Å²) in [6.07, 6.45) is 39.1. The summed E-state index contributed by atoms with van der Waals surface area (Å²) >= 11 is 0. The van der Waals surface area contributed by atoms with E-state index >= 15 is 0 Å². The van der Waals surface area contributed by atoms with E-state index in [1.165, 1.54) is 148 Å². The van der Waals surface area contributed by atoms with Gasteiger partial charge in [-0.3, -0.25) is 9.59 Å². The van der Waals surface area contributed by atoms with E-state index in [-0.39, 0.29) is 32.0 Å². The number of hydrogen-bond acceptors (Lipinski definition) is 10. The molecule has 2 unspecified atom stereocenters. The van der Waals surface area contributed by atoms with Crippen LogP contribution in [0.25, 0.3) is 0 Å². The number of aliphatic hydroxyl groups excluding tert-OH is 4. The maximum absolute atomic E-state index is 12.8. The zero-order valence-corrected chi connectivity index (χ0v) is 38.5. The Morgan fingerprint density at radius 1 is 0.517 bits per heavy atom. The molecule has 4 N–H and O–H groups in total. The van der Waals surface area contributed by atoms with Gasteiger partial charge in [-0.25, -0.2) is 0 Å². The number of allylic oxidation sites excluding steroid dienone is 4. The summed E-state index contributed by atoms with van der Waals surface area (Å²) in [7, 11) is 0. The number of hydrogen-bond donors (Lipinski definition) is 4. The fraction of sp³-hybridized carbons (Fsp3) is 0.880. The Bertz CT molecular complexity index is 1030. The fourth-order valence-corrected chi connectivity index (χ4v) is 7.63. The number of carbonyl (C=O) groups is 2. The highest BCUT2D eigenvalue weighted by Gasteiger charge is 2.44. The Kier molecular flexibility index (Phi) is 38.6. The van der Waals surface area contributed by atoms with Crippen LogP contribution in [-0.4, -0.2) is 89.0 Å². The fourth-order valence-electron chi connectivity index (χ4n) is 7.63. The van der Waals surface area contributed by atoms with Crippen LogP contribution in [0.15, 0.2) is 24.3 Å². The molecule has 60 heavy (non-hydrogen) atoms. The SMILES string of the molecule is CCCCCCCC/C=C/C/C=C/CCCCC(=O)O[C@@H](COC(=O)CCCCCCCCCCCCCCCCCCCCCC)CO[C@H]1O[C@@H](CO)[C@@H](O)C(O)C1O. The minimum absolute atomic E-state index is 0.190. The quantitative estimate of drug-likeness (QED) is 0.0265. The second kappa shape index (κ2) is 41.2. The molecule has 10 heteroatoms. The molecule has 0 amide bonds. The molecule has 1 aliphatic heterocycles. The van der Waals surface area contributed by atoms with Crippen molar-refractivity contribution in [1.29, 1.82) is 0 Å². The Hall–Kier alpha value is -1.82. The van der Waals surface area contributed by atoms with E-state index in [2.05, 4.69) is 38.2 Å². The Balaban J connectivity index is 2.27. The van der Waals surface area contributed by atoms with Crippen LogP contribution in [0.3, 0.4) is 0 Å². The van der Waals surface area contributed by atoms with Gasteiger partial charge in [0.05, 0.1) is 13.2 Å². The number of esters is 2. The number of aliphatic hydroxyl groups is 4. The summed E-state index contributed by atoms with van der Waals surface area (Å²) in [5.74, 6) is -0.834. The number of rotatable bonds is 42. The van der Waals surface area contributed by atoms with Crippen molar-refractivity contribution in [2.24, 2.45) is 0 Å². The van der Waals surface area contributed by atoms with Gasteiger partial charge >= 0.3 is 11.9 Å². The molecule has 0 aromatic carbocycles. The molecular weight excluding hydrogens is 761 g/mol. The topological polar surface area (TPSA) is 152 Å². The van der Waals surface area contributed by atoms with Gasteiger partial charge in [0.1, 0.15) is 31.0 Å². The molecular formula is C50H92O10. The van der Waals surface area contributed by atoms with Gasteiger partial charge in [-0.2, -0.15) is 0 Å². The Morgan fingerprint density at radius 3 is 1.42 bits per heavy atom. The van der Waals surface area contributed by atoms with Crippen LogP contribution in [0.1, 0.15) is 226 Å². The van der Waals surface area contributed by atoms with E-state index in [1.54, 1.807) is 0 Å². The third-order valence-corrected chi connectivity index (χ3v) is 11.6. The van der Waals surface area contributed by atoms with Crippen molar-refractivity contribution in [3.8, 4) is 0 Å². The average Bonchev–Trinajstić information content (AvgIpc) is 3.25. The van der Waals surface area contributed by atoms with Gasteiger partial charge in [-0.05, 0) is 44.9 Å². The van der Waals surface area contributed by atoms with Gasteiger partial charge in [0.2, 0.25) is 0 Å². The molecule has 0 spiro atoms. The van der Waals surface area contributed by atoms with Crippen LogP contribution in [-0.2, 0) is 28.5 Å². The molecule has 0 aromatic heterocycles. The third-order valence-electron chi connectivity index (χ3n) is 11.6. The first-order valence-corrected chi connectivity index (χ1v) is 24.9. The molecule has 1 aliphatic rings. The maximum Gasteiger partial charge on any atom is 0.306 e. The first-order chi connectivity index (χ1) is 29.3. The lowest BCUT2D eigenvalue weighted by Gasteiger charge is -2.39. The first-order valence-electron chi connectivity index (χ1n) is 24.9. The summed E-state index contributed by atoms with van der Waals surface area (Å²) in [4.78, 5) is 25.4. The lowest BCUT2D eigenvalue weighted by molar-refractivity contribution is -0.305. The smallest absolute Gasteiger partial charge is 0.306 e. The normalized spacial score (nSPS) is 20.0. The van der Waals surface area contributed by atoms with Crippen molar-refractivity contribution in [2.75, 3.05) is 19.8 Å². The van der Waals surface area contributed by atoms with Gasteiger partial charge in [0.15, 0.2) is 12.4 Å². The molecule has 1 fully saturated rings. The van der Waals surface area contributed by atoms with E-state index < -0.39 is 49.4 Å². The van der Waals surface area contributed by atoms with Crippen LogP contribution in [0.5, 0.6) is 0 Å². The molecule has 0 radical (unpaired) electrons. The van der Waals surface area contributed by atoms with Crippen LogP contribution in [0.2, 0.25) is 0 Å². The zero-order valence-electron chi connectivity index (χ0n) is 38.5. The van der Waals surface area contributed by atoms with Gasteiger partial charge in [0, 0.05) is 12.8 Å². The predicted molar refractivity (Wildman–Crippen MR) is 243 cm³/mol. The standard InChI is InChI=1S/C50H92O10/c1-3-5-7-9-11-13-15-17-19-20-21-22-23-25-26-28-30-32-34-36-38-45(52)57-41-43(42-58-50-49(56)48(55)47(54)44(40-51)60-50)59-46(53)39-37-35-33-31-29-27-24-18-16-14-12-10-8-6-4-2/h18,24,29,31,43-44,47-51,54-56H,3-17,19-23,25-28,30,32-42H2,1-2H3/b24-18+,31-29+/t43-,44-,47+,48?,49?,50-/m0/s1. The highest BCUT2D eigenvalue weighted by Crippen LogP contribution is 2.23. The summed E-state index contributed by atoms with van der Waals surface area (Å²) in [5.41, 5.74) is 0. The first kappa shape index (κ1) is 56.2. The molecule has 1 heterocycles. The van der Waals surface area contributed by atoms with Crippen molar-refractivity contribution in [2.45, 2.75) is 263 Å². The average molecular weight is 853 g/mol. The van der Waals surface area contributed by atoms with E-state index in [1.807, 2.05) is 0 Å². The molecule has 0 bridgehead atoms. The molecule has 0 saturated carbocycles. The van der Waals surface area contributed by atoms with Crippen molar-refractivity contribution < 1.29 is 49.0 Å². The van der Waals surface area contributed by atoms with E-state index in [0.717, 1.165) is 44.9 Å². The Morgan fingerprint density at radius 2 is 0.933 bits per heavy atom. The monoisotopic (exact) mass is 853 g/mol. The van der Waals surface area contributed by atoms with Crippen LogP contribution >= 0.6 is 0 Å². The van der Waals surface area contributed by atoms with Crippen LogP contribution < -0.4 is 0 Å². The largest absolute Gasteiger partial charge is 0.462 e. The molecule has 352 valence electrons. The highest BCUT2D eigenvalue weighted by molar-refractivity contribution is 5.70. The summed E-state index contributed by atoms with van der Waals surface area (Å²) in [6.45, 7) is 3.41. The van der Waals surface area contributed by atoms with Crippen molar-refractivity contribution in [3.63, 3.8) is 0 Å². The molecule has 0 aliphatic carbocycles. The molecule has 6 atom stereocenters. The second-order valence-electron chi connectivity index (χ2n) is 17.3. The van der Waals surface area contributed by atoms with Crippen LogP contribution in [0, 0.1) is 0 Å². The zero-order chi connectivity index (χ0) is 43.7. The van der Waals surface area contributed by atoms with E-state index in [0.29, 0.717) is 6.42 Å². The minimum atomic E-state index is -1.60. The number of unbranched alkanes of at least 4 members (excludes halogenated alkanes) is 27. The van der Waals surface area contributed by atoms with Gasteiger partial charge in [-0.1, -0.05) is 192 Å². The summed E-state index contributed by atoms with van der Waals surface area (Å²) in [6, 6.07) is 0. The van der Waals surface area contributed by atoms with Gasteiger partial charge in [0.25, 0.3) is 0 Å². The van der Waals surface area contributed by atoms with Crippen LogP contribution in [0.4, 0.5) is 0 Å². The molecule has 1 rings (SSSR count). The number of carbonyl (C=O) groups excluding carboxylic acids is 2. The predicted octanol–water partition coefficient (Wildman–Crippen LogP) is 11.3. The van der Waals surface area contributed by atoms with Crippen molar-refractivity contribution in [1.82, 2.24) is 0 Å². The van der Waals surface area contributed by atoms with Gasteiger partial charge in [-0.15, -0.1) is 0 Å². The lowest BCUT2D eigenvalue weighted by Crippen LogP contribution is -2.59. The third kappa shape index (κ3) is 31.9. The maximum atomic E-state index is 12.8. The van der Waals surface area contributed by atoms with Crippen molar-refractivity contribution in [3.05, 3.63) is 24.3 Å². The highest BCUT2D eigenvalue weighted by atomic mass is 16.7. The van der Waals surface area contributed by atoms with E-state index in [4.69, 9.17) is 18.9 Å². The molecule has 0 aromatic rings. The summed E-state index contributed by atoms with van der Waals surface area (Å²) < 4.78 is 22.2. The number of ether oxygens (including phenoxy) is 4. The Labute approximate surface area is 366 Å². The van der Waals surface area contributed by atoms with E-state index in [9.17, 15) is 30.0 Å². The minimum Gasteiger partial charge on any atom is -0.462 e. The van der Waals surface area contributed by atoms with Crippen molar-refractivity contribution >= 4 is 11.9 Å². The summed E-state index contributed by atoms with van der Waals surface area (Å²) in [5, 5.41) is 40.1.